The first-order valence-corrected chi connectivity index (χ1v) is 8.54. The highest BCUT2D eigenvalue weighted by Crippen LogP contribution is 2.34. The Morgan fingerprint density at radius 2 is 2.00 bits per heavy atom. The van der Waals surface area contributed by atoms with Gasteiger partial charge in [0.1, 0.15) is 17.4 Å². The summed E-state index contributed by atoms with van der Waals surface area (Å²) >= 11 is 0. The van der Waals surface area contributed by atoms with Crippen LogP contribution in [-0.2, 0) is 20.1 Å². The summed E-state index contributed by atoms with van der Waals surface area (Å²) in [5, 5.41) is 3.08. The third kappa shape index (κ3) is 4.84. The van der Waals surface area contributed by atoms with E-state index in [1.54, 1.807) is 13.0 Å². The number of anilines is 1. The summed E-state index contributed by atoms with van der Waals surface area (Å²) in [5.41, 5.74) is 0.597. The Morgan fingerprint density at radius 1 is 1.36 bits per heavy atom. The summed E-state index contributed by atoms with van der Waals surface area (Å²) in [6.07, 6.45) is 0.392. The molecule has 0 unspecified atom stereocenters. The van der Waals surface area contributed by atoms with E-state index >= 15 is 0 Å². The summed E-state index contributed by atoms with van der Waals surface area (Å²) in [4.78, 5) is 8.18. The van der Waals surface area contributed by atoms with Crippen molar-refractivity contribution in [2.75, 3.05) is 12.4 Å². The van der Waals surface area contributed by atoms with Crippen molar-refractivity contribution in [2.24, 2.45) is 0 Å². The number of alkyl halides is 2. The standard InChI is InChI=1S/C13H19F2N3O3S/c1-9-7-11(17-10-3-5-13(14,15)6-4-10)18-12(16-9)8-22(19,20)21-2/h7,10H,3-6,8H2,1-2H3,(H,16,17,18). The first kappa shape index (κ1) is 17.0. The second-order valence-corrected chi connectivity index (χ2v) is 7.19. The molecule has 9 heteroatoms. The summed E-state index contributed by atoms with van der Waals surface area (Å²) in [5.74, 6) is -2.45. The highest BCUT2D eigenvalue weighted by molar-refractivity contribution is 7.85. The van der Waals surface area contributed by atoms with Crippen LogP contribution in [0.25, 0.3) is 0 Å². The number of aryl methyl sites for hydroxylation is 1. The fourth-order valence-electron chi connectivity index (χ4n) is 2.38. The molecule has 0 saturated heterocycles. The second kappa shape index (κ2) is 6.41. The van der Waals surface area contributed by atoms with Crippen molar-refractivity contribution in [3.63, 3.8) is 0 Å². The van der Waals surface area contributed by atoms with E-state index in [4.69, 9.17) is 0 Å². The Hall–Kier alpha value is -1.35. The van der Waals surface area contributed by atoms with Gasteiger partial charge in [-0.25, -0.2) is 18.7 Å². The zero-order valence-electron chi connectivity index (χ0n) is 12.5. The molecule has 1 aliphatic rings. The van der Waals surface area contributed by atoms with Gasteiger partial charge in [0.15, 0.2) is 0 Å². The Kier molecular flexibility index (Phi) is 4.96. The summed E-state index contributed by atoms with van der Waals surface area (Å²) in [6.45, 7) is 1.71. The molecule has 1 saturated carbocycles. The van der Waals surface area contributed by atoms with Gasteiger partial charge >= 0.3 is 0 Å². The Balaban J connectivity index is 2.07. The van der Waals surface area contributed by atoms with Gasteiger partial charge in [0.05, 0.1) is 7.11 Å². The first-order valence-electron chi connectivity index (χ1n) is 6.96. The van der Waals surface area contributed by atoms with Crippen LogP contribution >= 0.6 is 0 Å². The topological polar surface area (TPSA) is 81.2 Å². The average molecular weight is 335 g/mol. The molecule has 1 aromatic heterocycles. The molecule has 0 radical (unpaired) electrons. The number of nitrogens with zero attached hydrogens (tertiary/aromatic N) is 2. The maximum atomic E-state index is 13.1. The van der Waals surface area contributed by atoms with Crippen LogP contribution in [0.3, 0.4) is 0 Å². The SMILES string of the molecule is COS(=O)(=O)Cc1nc(C)cc(NC2CCC(F)(F)CC2)n1. The van der Waals surface area contributed by atoms with Crippen molar-refractivity contribution in [3.8, 4) is 0 Å². The van der Waals surface area contributed by atoms with Crippen molar-refractivity contribution in [1.29, 1.82) is 0 Å². The maximum Gasteiger partial charge on any atom is 0.274 e. The van der Waals surface area contributed by atoms with E-state index in [2.05, 4.69) is 19.5 Å². The molecule has 0 bridgehead atoms. The lowest BCUT2D eigenvalue weighted by Crippen LogP contribution is -2.32. The molecule has 1 aliphatic carbocycles. The smallest absolute Gasteiger partial charge is 0.274 e. The van der Waals surface area contributed by atoms with E-state index in [9.17, 15) is 17.2 Å². The van der Waals surface area contributed by atoms with E-state index in [0.717, 1.165) is 7.11 Å². The predicted molar refractivity (Wildman–Crippen MR) is 77.2 cm³/mol. The quantitative estimate of drug-likeness (QED) is 0.831. The monoisotopic (exact) mass is 335 g/mol. The molecule has 0 spiro atoms. The van der Waals surface area contributed by atoms with E-state index in [1.165, 1.54) is 0 Å². The van der Waals surface area contributed by atoms with E-state index in [0.29, 0.717) is 24.4 Å². The normalized spacial score (nSPS) is 19.1. The van der Waals surface area contributed by atoms with Crippen molar-refractivity contribution in [1.82, 2.24) is 9.97 Å². The number of hydrogen-bond donors (Lipinski definition) is 1. The van der Waals surface area contributed by atoms with Crippen LogP contribution in [0.4, 0.5) is 14.6 Å². The predicted octanol–water partition coefficient (Wildman–Crippen LogP) is 2.25. The Morgan fingerprint density at radius 3 is 2.59 bits per heavy atom. The first-order chi connectivity index (χ1) is 10.2. The lowest BCUT2D eigenvalue weighted by Gasteiger charge is -2.29. The number of aromatic nitrogens is 2. The van der Waals surface area contributed by atoms with E-state index in [1.807, 2.05) is 0 Å². The van der Waals surface area contributed by atoms with Gasteiger partial charge in [0.25, 0.3) is 10.1 Å². The third-order valence-corrected chi connectivity index (χ3v) is 4.65. The molecule has 22 heavy (non-hydrogen) atoms. The summed E-state index contributed by atoms with van der Waals surface area (Å²) < 4.78 is 53.5. The zero-order valence-corrected chi connectivity index (χ0v) is 13.3. The molecule has 1 aromatic rings. The molecule has 1 N–H and O–H groups in total. The van der Waals surface area contributed by atoms with Crippen LogP contribution in [0.15, 0.2) is 6.07 Å². The molecule has 1 heterocycles. The van der Waals surface area contributed by atoms with Crippen molar-refractivity contribution in [3.05, 3.63) is 17.6 Å². The minimum absolute atomic E-state index is 0.0965. The maximum absolute atomic E-state index is 13.1. The zero-order chi connectivity index (χ0) is 16.4. The van der Waals surface area contributed by atoms with Crippen LogP contribution in [0.5, 0.6) is 0 Å². The molecule has 0 aliphatic heterocycles. The van der Waals surface area contributed by atoms with Gasteiger partial charge in [-0.05, 0) is 19.8 Å². The minimum atomic E-state index is -3.71. The van der Waals surface area contributed by atoms with Crippen molar-refractivity contribution < 1.29 is 21.4 Å². The van der Waals surface area contributed by atoms with Crippen LogP contribution < -0.4 is 5.32 Å². The number of nitrogens with one attached hydrogen (secondary N) is 1. The highest BCUT2D eigenvalue weighted by atomic mass is 32.2. The third-order valence-electron chi connectivity index (χ3n) is 3.53. The molecule has 0 atom stereocenters. The van der Waals surface area contributed by atoms with Gasteiger partial charge in [0, 0.05) is 30.6 Å². The molecular weight excluding hydrogens is 316 g/mol. The molecule has 1 fully saturated rings. The van der Waals surface area contributed by atoms with Crippen LogP contribution in [0.2, 0.25) is 0 Å². The van der Waals surface area contributed by atoms with Crippen molar-refractivity contribution in [2.45, 2.75) is 50.3 Å². The summed E-state index contributed by atoms with van der Waals surface area (Å²) in [6, 6.07) is 1.57. The van der Waals surface area contributed by atoms with Gasteiger partial charge in [0.2, 0.25) is 5.92 Å². The minimum Gasteiger partial charge on any atom is -0.367 e. The van der Waals surface area contributed by atoms with E-state index in [-0.39, 0.29) is 24.7 Å². The van der Waals surface area contributed by atoms with Gasteiger partial charge in [-0.1, -0.05) is 0 Å². The Labute approximate surface area is 128 Å². The van der Waals surface area contributed by atoms with Gasteiger partial charge in [-0.3, -0.25) is 4.18 Å². The fraction of sp³-hybridized carbons (Fsp3) is 0.692. The summed E-state index contributed by atoms with van der Waals surface area (Å²) in [7, 11) is -2.63. The number of hydrogen-bond acceptors (Lipinski definition) is 6. The Bertz CT molecular complexity index is 627. The lowest BCUT2D eigenvalue weighted by atomic mass is 9.92. The largest absolute Gasteiger partial charge is 0.367 e. The van der Waals surface area contributed by atoms with Gasteiger partial charge in [-0.15, -0.1) is 0 Å². The van der Waals surface area contributed by atoms with Crippen LogP contribution in [0, 0.1) is 6.92 Å². The highest BCUT2D eigenvalue weighted by Gasteiger charge is 2.34. The van der Waals surface area contributed by atoms with Crippen molar-refractivity contribution >= 4 is 15.9 Å². The molecule has 2 rings (SSSR count). The molecule has 124 valence electrons. The molecule has 0 amide bonds. The fourth-order valence-corrected chi connectivity index (χ4v) is 2.94. The van der Waals surface area contributed by atoms with Crippen LogP contribution in [-0.4, -0.2) is 37.5 Å². The van der Waals surface area contributed by atoms with Crippen LogP contribution in [0.1, 0.15) is 37.2 Å². The average Bonchev–Trinajstić information content (AvgIpc) is 2.40. The van der Waals surface area contributed by atoms with E-state index < -0.39 is 21.8 Å². The molecule has 0 aromatic carbocycles. The number of halogens is 2. The second-order valence-electron chi connectivity index (χ2n) is 5.45. The molecular formula is C13H19F2N3O3S. The van der Waals surface area contributed by atoms with Gasteiger partial charge in [-0.2, -0.15) is 8.42 Å². The van der Waals surface area contributed by atoms with Gasteiger partial charge < -0.3 is 5.32 Å². The molecule has 6 nitrogen and oxygen atoms in total. The lowest BCUT2D eigenvalue weighted by molar-refractivity contribution is -0.0361. The number of rotatable bonds is 5.